The van der Waals surface area contributed by atoms with Crippen molar-refractivity contribution in [1.82, 2.24) is 14.5 Å². The van der Waals surface area contributed by atoms with E-state index in [2.05, 4.69) is 24.1 Å². The number of nitrogens with zero attached hydrogens (tertiary/aromatic N) is 2. The number of benzene rings is 1. The first-order chi connectivity index (χ1) is 15.3. The van der Waals surface area contributed by atoms with Crippen molar-refractivity contribution in [1.29, 1.82) is 0 Å². The van der Waals surface area contributed by atoms with E-state index < -0.39 is 10.0 Å². The van der Waals surface area contributed by atoms with Gasteiger partial charge in [0, 0.05) is 51.3 Å². The van der Waals surface area contributed by atoms with E-state index in [-0.39, 0.29) is 28.9 Å². The number of carbonyl (C=O) groups excluding carboxylic acids is 1. The van der Waals surface area contributed by atoms with Crippen LogP contribution in [0.5, 0.6) is 11.5 Å². The van der Waals surface area contributed by atoms with Crippen LogP contribution in [0.1, 0.15) is 26.7 Å². The van der Waals surface area contributed by atoms with Gasteiger partial charge in [-0.15, -0.1) is 0 Å². The molecule has 0 aromatic heterocycles. The van der Waals surface area contributed by atoms with E-state index in [1.807, 2.05) is 0 Å². The van der Waals surface area contributed by atoms with Crippen molar-refractivity contribution in [3.8, 4) is 11.5 Å². The number of amides is 1. The minimum absolute atomic E-state index is 0.00994. The molecule has 4 rings (SSSR count). The number of piperidine rings is 1. The molecule has 2 fully saturated rings. The molecule has 10 heteroatoms. The summed E-state index contributed by atoms with van der Waals surface area (Å²) >= 11 is 0. The predicted molar refractivity (Wildman–Crippen MR) is 118 cm³/mol. The molecule has 1 amide bonds. The SMILES string of the molecule is CC1CN(CCNC(=O)C2CCN(S(=O)(=O)c3ccc4c(c3)OCCO4)CC2)CC(C)O1. The van der Waals surface area contributed by atoms with E-state index in [1.165, 1.54) is 10.4 Å². The third-order valence-corrected chi connectivity index (χ3v) is 8.09. The topological polar surface area (TPSA) is 97.4 Å². The van der Waals surface area contributed by atoms with Gasteiger partial charge in [0.2, 0.25) is 15.9 Å². The first-order valence-electron chi connectivity index (χ1n) is 11.4. The van der Waals surface area contributed by atoms with Crippen molar-refractivity contribution < 1.29 is 27.4 Å². The minimum atomic E-state index is -3.64. The second-order valence-electron chi connectivity index (χ2n) is 8.79. The molecule has 3 aliphatic rings. The van der Waals surface area contributed by atoms with Crippen LogP contribution in [-0.2, 0) is 19.6 Å². The third-order valence-electron chi connectivity index (χ3n) is 6.20. The molecule has 2 saturated heterocycles. The van der Waals surface area contributed by atoms with Crippen molar-refractivity contribution >= 4 is 15.9 Å². The van der Waals surface area contributed by atoms with Crippen molar-refractivity contribution in [2.24, 2.45) is 5.92 Å². The molecule has 3 heterocycles. The molecule has 0 saturated carbocycles. The van der Waals surface area contributed by atoms with E-state index >= 15 is 0 Å². The number of sulfonamides is 1. The second kappa shape index (κ2) is 9.94. The van der Waals surface area contributed by atoms with Crippen LogP contribution in [0, 0.1) is 5.92 Å². The number of nitrogens with one attached hydrogen (secondary N) is 1. The molecule has 3 aliphatic heterocycles. The minimum Gasteiger partial charge on any atom is -0.486 e. The predicted octanol–water partition coefficient (Wildman–Crippen LogP) is 1.08. The molecule has 2 unspecified atom stereocenters. The molecule has 0 bridgehead atoms. The van der Waals surface area contributed by atoms with Gasteiger partial charge >= 0.3 is 0 Å². The lowest BCUT2D eigenvalue weighted by Gasteiger charge is -2.35. The Morgan fingerprint density at radius 3 is 2.41 bits per heavy atom. The summed E-state index contributed by atoms with van der Waals surface area (Å²) in [4.78, 5) is 15.1. The van der Waals surface area contributed by atoms with E-state index in [4.69, 9.17) is 14.2 Å². The van der Waals surface area contributed by atoms with E-state index in [0.717, 1.165) is 19.6 Å². The van der Waals surface area contributed by atoms with Crippen LogP contribution in [0.2, 0.25) is 0 Å². The Morgan fingerprint density at radius 2 is 1.72 bits per heavy atom. The molecule has 0 spiro atoms. The van der Waals surface area contributed by atoms with Crippen LogP contribution >= 0.6 is 0 Å². The molecule has 0 aliphatic carbocycles. The van der Waals surface area contributed by atoms with E-state index in [1.54, 1.807) is 12.1 Å². The van der Waals surface area contributed by atoms with Gasteiger partial charge < -0.3 is 19.5 Å². The Bertz CT molecular complexity index is 906. The Morgan fingerprint density at radius 1 is 1.06 bits per heavy atom. The van der Waals surface area contributed by atoms with Gasteiger partial charge in [0.25, 0.3) is 0 Å². The molecule has 178 valence electrons. The standard InChI is InChI=1S/C22H33N3O6S/c1-16-14-24(15-17(2)31-16)10-7-23-22(26)18-5-8-25(9-6-18)32(27,28)19-3-4-20-21(13-19)30-12-11-29-20/h3-4,13,16-18H,5-12,14-15H2,1-2H3,(H,23,26). The summed E-state index contributed by atoms with van der Waals surface area (Å²) in [5.74, 6) is 0.863. The number of ether oxygens (including phenoxy) is 3. The van der Waals surface area contributed by atoms with Gasteiger partial charge in [-0.1, -0.05) is 0 Å². The lowest BCUT2D eigenvalue weighted by molar-refractivity contribution is -0.126. The zero-order valence-corrected chi connectivity index (χ0v) is 19.6. The highest BCUT2D eigenvalue weighted by Gasteiger charge is 2.33. The Labute approximate surface area is 190 Å². The molecule has 9 nitrogen and oxygen atoms in total. The molecule has 0 radical (unpaired) electrons. The van der Waals surface area contributed by atoms with Gasteiger partial charge in [-0.2, -0.15) is 4.31 Å². The van der Waals surface area contributed by atoms with Crippen LogP contribution in [0.4, 0.5) is 0 Å². The van der Waals surface area contributed by atoms with Crippen LogP contribution in [0.3, 0.4) is 0 Å². The largest absolute Gasteiger partial charge is 0.486 e. The zero-order chi connectivity index (χ0) is 22.7. The molecular formula is C22H33N3O6S. The summed E-state index contributed by atoms with van der Waals surface area (Å²) in [6.45, 7) is 8.77. The zero-order valence-electron chi connectivity index (χ0n) is 18.8. The highest BCUT2D eigenvalue weighted by Crippen LogP contribution is 2.34. The van der Waals surface area contributed by atoms with Crippen LogP contribution in [0.25, 0.3) is 0 Å². The molecular weight excluding hydrogens is 434 g/mol. The Hall–Kier alpha value is -1.88. The summed E-state index contributed by atoms with van der Waals surface area (Å²) in [7, 11) is -3.64. The summed E-state index contributed by atoms with van der Waals surface area (Å²) < 4.78 is 44.3. The fourth-order valence-corrected chi connectivity index (χ4v) is 6.13. The highest BCUT2D eigenvalue weighted by atomic mass is 32.2. The molecule has 1 N–H and O–H groups in total. The first-order valence-corrected chi connectivity index (χ1v) is 12.8. The molecule has 32 heavy (non-hydrogen) atoms. The average Bonchev–Trinajstić information content (AvgIpc) is 2.78. The van der Waals surface area contributed by atoms with Gasteiger partial charge in [-0.05, 0) is 38.8 Å². The molecule has 2 atom stereocenters. The van der Waals surface area contributed by atoms with Gasteiger partial charge in [-0.3, -0.25) is 9.69 Å². The quantitative estimate of drug-likeness (QED) is 0.669. The third kappa shape index (κ3) is 5.36. The lowest BCUT2D eigenvalue weighted by atomic mass is 9.97. The summed E-state index contributed by atoms with van der Waals surface area (Å²) in [5.41, 5.74) is 0. The van der Waals surface area contributed by atoms with E-state index in [9.17, 15) is 13.2 Å². The van der Waals surface area contributed by atoms with Gasteiger partial charge in [-0.25, -0.2) is 8.42 Å². The van der Waals surface area contributed by atoms with Crippen LogP contribution in [0.15, 0.2) is 23.1 Å². The monoisotopic (exact) mass is 467 g/mol. The Kier molecular flexibility index (Phi) is 7.24. The van der Waals surface area contributed by atoms with Crippen molar-refractivity contribution in [3.05, 3.63) is 18.2 Å². The normalized spacial score (nSPS) is 25.4. The first kappa shape index (κ1) is 23.3. The fraction of sp³-hybridized carbons (Fsp3) is 0.682. The number of rotatable bonds is 6. The summed E-state index contributed by atoms with van der Waals surface area (Å²) in [6, 6.07) is 4.71. The Balaban J connectivity index is 1.25. The number of carbonyl (C=O) groups is 1. The summed E-state index contributed by atoms with van der Waals surface area (Å²) in [6.07, 6.45) is 1.44. The summed E-state index contributed by atoms with van der Waals surface area (Å²) in [5, 5.41) is 3.03. The number of hydrogen-bond donors (Lipinski definition) is 1. The number of fused-ring (bicyclic) bond motifs is 1. The number of morpholine rings is 1. The highest BCUT2D eigenvalue weighted by molar-refractivity contribution is 7.89. The molecule has 1 aromatic rings. The van der Waals surface area contributed by atoms with Crippen molar-refractivity contribution in [2.45, 2.75) is 43.8 Å². The maximum atomic E-state index is 13.1. The lowest BCUT2D eigenvalue weighted by Crippen LogP contribution is -2.48. The maximum Gasteiger partial charge on any atom is 0.243 e. The average molecular weight is 468 g/mol. The fourth-order valence-electron chi connectivity index (χ4n) is 4.64. The molecule has 1 aromatic carbocycles. The van der Waals surface area contributed by atoms with Gasteiger partial charge in [0.15, 0.2) is 11.5 Å². The van der Waals surface area contributed by atoms with Crippen molar-refractivity contribution in [2.75, 3.05) is 52.5 Å². The second-order valence-corrected chi connectivity index (χ2v) is 10.7. The van der Waals surface area contributed by atoms with Gasteiger partial charge in [0.05, 0.1) is 17.1 Å². The van der Waals surface area contributed by atoms with Crippen LogP contribution < -0.4 is 14.8 Å². The maximum absolute atomic E-state index is 13.1. The van der Waals surface area contributed by atoms with E-state index in [0.29, 0.717) is 57.2 Å². The van der Waals surface area contributed by atoms with Crippen LogP contribution in [-0.4, -0.2) is 88.2 Å². The number of hydrogen-bond acceptors (Lipinski definition) is 7. The smallest absolute Gasteiger partial charge is 0.243 e. The van der Waals surface area contributed by atoms with Gasteiger partial charge in [0.1, 0.15) is 13.2 Å². The van der Waals surface area contributed by atoms with Crippen molar-refractivity contribution in [3.63, 3.8) is 0 Å².